The fourth-order valence-corrected chi connectivity index (χ4v) is 2.98. The van der Waals surface area contributed by atoms with E-state index in [4.69, 9.17) is 9.84 Å². The highest BCUT2D eigenvalue weighted by Crippen LogP contribution is 2.50. The molecule has 78 valence electrons. The van der Waals surface area contributed by atoms with Gasteiger partial charge in [0.1, 0.15) is 6.10 Å². The molecule has 5 heteroatoms. The van der Waals surface area contributed by atoms with E-state index >= 15 is 0 Å². The molecule has 2 bridgehead atoms. The van der Waals surface area contributed by atoms with Crippen LogP contribution in [-0.4, -0.2) is 28.0 Å². The molecular formula is C9H11BrO4. The van der Waals surface area contributed by atoms with Gasteiger partial charge in [0.2, 0.25) is 0 Å². The van der Waals surface area contributed by atoms with Crippen LogP contribution in [0.5, 0.6) is 0 Å². The number of halogens is 1. The molecule has 0 aromatic rings. The maximum Gasteiger partial charge on any atom is 0.313 e. The summed E-state index contributed by atoms with van der Waals surface area (Å²) in [5.74, 6) is -1.90. The van der Waals surface area contributed by atoms with Crippen LogP contribution in [0.2, 0.25) is 0 Å². The van der Waals surface area contributed by atoms with Crippen LogP contribution in [0.3, 0.4) is 0 Å². The van der Waals surface area contributed by atoms with Gasteiger partial charge < -0.3 is 9.84 Å². The average molecular weight is 263 g/mol. The van der Waals surface area contributed by atoms with Crippen molar-refractivity contribution in [2.75, 3.05) is 0 Å². The number of hydrogen-bond donors (Lipinski definition) is 1. The van der Waals surface area contributed by atoms with E-state index in [0.717, 1.165) is 0 Å². The first-order valence-electron chi connectivity index (χ1n) is 4.53. The summed E-state index contributed by atoms with van der Waals surface area (Å²) in [4.78, 5) is 22.5. The van der Waals surface area contributed by atoms with Gasteiger partial charge in [-0.25, -0.2) is 0 Å². The van der Waals surface area contributed by atoms with Crippen LogP contribution in [0.15, 0.2) is 0 Å². The number of carboxylic acid groups (broad SMARTS) is 1. The van der Waals surface area contributed by atoms with Gasteiger partial charge in [0.25, 0.3) is 0 Å². The Bertz CT molecular complexity index is 303. The maximum atomic E-state index is 11.5. The smallest absolute Gasteiger partial charge is 0.313 e. The first-order valence-corrected chi connectivity index (χ1v) is 5.44. The van der Waals surface area contributed by atoms with E-state index in [2.05, 4.69) is 15.9 Å². The van der Waals surface area contributed by atoms with Crippen molar-refractivity contribution in [2.45, 2.75) is 30.7 Å². The second-order valence-corrected chi connectivity index (χ2v) is 5.38. The minimum Gasteiger partial charge on any atom is -0.481 e. The van der Waals surface area contributed by atoms with Crippen molar-refractivity contribution in [1.82, 2.24) is 0 Å². The minimum absolute atomic E-state index is 0.0249. The van der Waals surface area contributed by atoms with E-state index in [0.29, 0.717) is 12.8 Å². The lowest BCUT2D eigenvalue weighted by Crippen LogP contribution is -2.42. The van der Waals surface area contributed by atoms with Crippen LogP contribution in [0, 0.1) is 11.3 Å². The molecule has 1 aliphatic carbocycles. The maximum absolute atomic E-state index is 11.5. The van der Waals surface area contributed by atoms with Gasteiger partial charge >= 0.3 is 11.9 Å². The SMILES string of the molecule is C[C@@]12C[C@H](OC1=O)[C@H](Br)C[C@@H]2C(=O)O. The summed E-state index contributed by atoms with van der Waals surface area (Å²) < 4.78 is 5.13. The Labute approximate surface area is 89.7 Å². The van der Waals surface area contributed by atoms with Crippen molar-refractivity contribution < 1.29 is 19.4 Å². The van der Waals surface area contributed by atoms with Crippen molar-refractivity contribution in [3.63, 3.8) is 0 Å². The molecule has 2 aliphatic rings. The number of carbonyl (C=O) groups is 2. The molecule has 2 fully saturated rings. The normalized spacial score (nSPS) is 46.1. The third-order valence-corrected chi connectivity index (χ3v) is 4.24. The largest absolute Gasteiger partial charge is 0.481 e. The lowest BCUT2D eigenvalue weighted by atomic mass is 9.68. The molecule has 0 radical (unpaired) electrons. The number of hydrogen-bond acceptors (Lipinski definition) is 3. The quantitative estimate of drug-likeness (QED) is 0.570. The Hall–Kier alpha value is -0.580. The average Bonchev–Trinajstić information content (AvgIpc) is 2.34. The van der Waals surface area contributed by atoms with Gasteiger partial charge in [0.05, 0.1) is 16.2 Å². The molecule has 1 aliphatic heterocycles. The highest BCUT2D eigenvalue weighted by atomic mass is 79.9. The zero-order valence-corrected chi connectivity index (χ0v) is 9.28. The molecule has 1 saturated carbocycles. The summed E-state index contributed by atoms with van der Waals surface area (Å²) in [6.45, 7) is 1.69. The fourth-order valence-electron chi connectivity index (χ4n) is 2.31. The van der Waals surface area contributed by atoms with Crippen LogP contribution in [-0.2, 0) is 14.3 Å². The molecule has 4 atom stereocenters. The lowest BCUT2D eigenvalue weighted by molar-refractivity contribution is -0.156. The second-order valence-electron chi connectivity index (χ2n) is 4.21. The van der Waals surface area contributed by atoms with E-state index in [9.17, 15) is 9.59 Å². The number of ether oxygens (including phenoxy) is 1. The lowest BCUT2D eigenvalue weighted by Gasteiger charge is -2.32. The molecule has 1 N–H and O–H groups in total. The van der Waals surface area contributed by atoms with E-state index in [1.165, 1.54) is 0 Å². The van der Waals surface area contributed by atoms with Gasteiger partial charge in [0.15, 0.2) is 0 Å². The van der Waals surface area contributed by atoms with Gasteiger partial charge in [-0.05, 0) is 13.3 Å². The van der Waals surface area contributed by atoms with Gasteiger partial charge in [-0.2, -0.15) is 0 Å². The summed E-state index contributed by atoms with van der Waals surface area (Å²) in [6.07, 6.45) is 0.823. The molecule has 0 spiro atoms. The molecular weight excluding hydrogens is 252 g/mol. The molecule has 0 amide bonds. The molecule has 1 heterocycles. The van der Waals surface area contributed by atoms with Gasteiger partial charge in [-0.3, -0.25) is 9.59 Å². The van der Waals surface area contributed by atoms with Crippen LogP contribution < -0.4 is 0 Å². The molecule has 0 aromatic carbocycles. The summed E-state index contributed by atoms with van der Waals surface area (Å²) in [5, 5.41) is 9.03. The molecule has 4 nitrogen and oxygen atoms in total. The number of esters is 1. The van der Waals surface area contributed by atoms with Crippen molar-refractivity contribution >= 4 is 27.9 Å². The Morgan fingerprint density at radius 2 is 2.36 bits per heavy atom. The fraction of sp³-hybridized carbons (Fsp3) is 0.778. The Morgan fingerprint density at radius 3 is 2.93 bits per heavy atom. The van der Waals surface area contributed by atoms with E-state index in [-0.39, 0.29) is 16.9 Å². The number of alkyl halides is 1. The predicted molar refractivity (Wildman–Crippen MR) is 51.1 cm³/mol. The number of aliphatic carboxylic acids is 1. The highest BCUT2D eigenvalue weighted by Gasteiger charge is 2.59. The van der Waals surface area contributed by atoms with Crippen molar-refractivity contribution in [3.8, 4) is 0 Å². The van der Waals surface area contributed by atoms with Crippen LogP contribution in [0.4, 0.5) is 0 Å². The van der Waals surface area contributed by atoms with Gasteiger partial charge in [-0.1, -0.05) is 15.9 Å². The Kier molecular flexibility index (Phi) is 2.10. The van der Waals surface area contributed by atoms with E-state index in [1.807, 2.05) is 0 Å². The second kappa shape index (κ2) is 2.95. The molecule has 1 saturated heterocycles. The molecule has 0 aromatic heterocycles. The molecule has 14 heavy (non-hydrogen) atoms. The predicted octanol–water partition coefficient (Wildman–Crippen LogP) is 1.18. The van der Waals surface area contributed by atoms with E-state index in [1.54, 1.807) is 6.92 Å². The Morgan fingerprint density at radius 1 is 1.71 bits per heavy atom. The topological polar surface area (TPSA) is 63.6 Å². The monoisotopic (exact) mass is 262 g/mol. The third kappa shape index (κ3) is 1.18. The van der Waals surface area contributed by atoms with Crippen LogP contribution in [0.25, 0.3) is 0 Å². The van der Waals surface area contributed by atoms with Gasteiger partial charge in [-0.15, -0.1) is 0 Å². The number of carbonyl (C=O) groups excluding carboxylic acids is 1. The Balaban J connectivity index is 2.35. The molecule has 0 unspecified atom stereocenters. The minimum atomic E-state index is -0.908. The first kappa shape index (κ1) is 9.96. The van der Waals surface area contributed by atoms with Crippen molar-refractivity contribution in [3.05, 3.63) is 0 Å². The summed E-state index contributed by atoms with van der Waals surface area (Å²) in [5.41, 5.74) is -0.819. The zero-order valence-electron chi connectivity index (χ0n) is 7.70. The number of rotatable bonds is 1. The van der Waals surface area contributed by atoms with Crippen molar-refractivity contribution in [1.29, 1.82) is 0 Å². The number of fused-ring (bicyclic) bond motifs is 2. The van der Waals surface area contributed by atoms with Crippen molar-refractivity contribution in [2.24, 2.45) is 11.3 Å². The summed E-state index contributed by atoms with van der Waals surface area (Å²) in [6, 6.07) is 0. The van der Waals surface area contributed by atoms with E-state index < -0.39 is 17.3 Å². The van der Waals surface area contributed by atoms with Gasteiger partial charge in [0, 0.05) is 6.42 Å². The zero-order chi connectivity index (χ0) is 10.5. The van der Waals surface area contributed by atoms with Crippen LogP contribution >= 0.6 is 15.9 Å². The first-order chi connectivity index (χ1) is 6.45. The standard InChI is InChI=1S/C9H11BrO4/c1-9-3-6(14-8(9)13)5(10)2-4(9)7(11)12/h4-6H,2-3H2,1H3,(H,11,12)/t4-,5-,6+,9+/m1/s1. The highest BCUT2D eigenvalue weighted by molar-refractivity contribution is 9.09. The third-order valence-electron chi connectivity index (χ3n) is 3.28. The van der Waals surface area contributed by atoms with Crippen LogP contribution in [0.1, 0.15) is 19.8 Å². The summed E-state index contributed by atoms with van der Waals surface area (Å²) >= 11 is 3.36. The molecule has 2 rings (SSSR count). The number of carboxylic acids is 1. The summed E-state index contributed by atoms with van der Waals surface area (Å²) in [7, 11) is 0.